The Hall–Kier alpha value is -1.58. The van der Waals surface area contributed by atoms with Gasteiger partial charge in [0.2, 0.25) is 0 Å². The number of halogens is 1. The molecule has 1 aromatic heterocycles. The van der Waals surface area contributed by atoms with Gasteiger partial charge in [0.25, 0.3) is 0 Å². The van der Waals surface area contributed by atoms with E-state index in [1.165, 1.54) is 12.8 Å². The summed E-state index contributed by atoms with van der Waals surface area (Å²) in [6, 6.07) is 12.4. The average Bonchev–Trinajstić information content (AvgIpc) is 3.30. The lowest BCUT2D eigenvalue weighted by Crippen LogP contribution is -2.17. The molecule has 1 aliphatic rings. The molecule has 110 valence electrons. The molecule has 1 N–H and O–H groups in total. The Morgan fingerprint density at radius 3 is 2.81 bits per heavy atom. The summed E-state index contributed by atoms with van der Waals surface area (Å²) in [6.45, 7) is 3.21. The first kappa shape index (κ1) is 14.4. The van der Waals surface area contributed by atoms with Crippen molar-refractivity contribution in [3.05, 3.63) is 58.4 Å². The number of hydrogen-bond acceptors (Lipinski definition) is 3. The van der Waals surface area contributed by atoms with Crippen molar-refractivity contribution in [3.63, 3.8) is 0 Å². The van der Waals surface area contributed by atoms with Gasteiger partial charge < -0.3 is 10.1 Å². The number of pyridine rings is 1. The maximum absolute atomic E-state index is 6.16. The third-order valence-electron chi connectivity index (χ3n) is 3.55. The summed E-state index contributed by atoms with van der Waals surface area (Å²) >= 11 is 6.16. The van der Waals surface area contributed by atoms with Crippen LogP contribution in [-0.4, -0.2) is 11.0 Å². The Morgan fingerprint density at radius 2 is 2.05 bits per heavy atom. The molecule has 1 fully saturated rings. The minimum atomic E-state index is 0.459. The second-order valence-corrected chi connectivity index (χ2v) is 5.84. The van der Waals surface area contributed by atoms with Crippen molar-refractivity contribution in [3.8, 4) is 5.75 Å². The second kappa shape index (κ2) is 6.46. The number of nitrogens with one attached hydrogen (secondary N) is 1. The zero-order valence-electron chi connectivity index (χ0n) is 12.1. The molecule has 2 aromatic rings. The fourth-order valence-electron chi connectivity index (χ4n) is 2.16. The van der Waals surface area contributed by atoms with Gasteiger partial charge in [-0.05, 0) is 38.0 Å². The highest BCUT2D eigenvalue weighted by atomic mass is 35.5. The van der Waals surface area contributed by atoms with Crippen molar-refractivity contribution >= 4 is 11.6 Å². The maximum atomic E-state index is 6.16. The molecule has 0 spiro atoms. The van der Waals surface area contributed by atoms with Gasteiger partial charge in [0, 0.05) is 28.9 Å². The summed E-state index contributed by atoms with van der Waals surface area (Å²) in [5.41, 5.74) is 2.96. The van der Waals surface area contributed by atoms with Crippen molar-refractivity contribution in [1.29, 1.82) is 0 Å². The van der Waals surface area contributed by atoms with E-state index in [0.29, 0.717) is 12.6 Å². The van der Waals surface area contributed by atoms with E-state index in [1.54, 1.807) is 0 Å². The lowest BCUT2D eigenvalue weighted by atomic mass is 10.2. The molecule has 1 heterocycles. The molecule has 0 bridgehead atoms. The van der Waals surface area contributed by atoms with Crippen LogP contribution < -0.4 is 10.1 Å². The number of hydrogen-bond donors (Lipinski definition) is 1. The molecule has 4 heteroatoms. The van der Waals surface area contributed by atoms with Crippen LogP contribution in [0.1, 0.15) is 29.8 Å². The fourth-order valence-corrected chi connectivity index (χ4v) is 2.35. The van der Waals surface area contributed by atoms with Crippen LogP contribution in [0.25, 0.3) is 0 Å². The summed E-state index contributed by atoms with van der Waals surface area (Å²) in [6.07, 6.45) is 2.53. The molecule has 3 nitrogen and oxygen atoms in total. The highest BCUT2D eigenvalue weighted by Gasteiger charge is 2.21. The molecular weight excluding hydrogens is 284 g/mol. The largest absolute Gasteiger partial charge is 0.487 e. The SMILES string of the molecule is Cc1ccc(OCc2ccccc2Cl)c(CNC2CC2)n1. The van der Waals surface area contributed by atoms with Crippen molar-refractivity contribution in [2.45, 2.75) is 39.0 Å². The first-order valence-electron chi connectivity index (χ1n) is 7.28. The van der Waals surface area contributed by atoms with E-state index >= 15 is 0 Å². The zero-order valence-corrected chi connectivity index (χ0v) is 12.9. The van der Waals surface area contributed by atoms with Crippen molar-refractivity contribution in [2.75, 3.05) is 0 Å². The fraction of sp³-hybridized carbons (Fsp3) is 0.353. The van der Waals surface area contributed by atoms with Gasteiger partial charge in [0.1, 0.15) is 12.4 Å². The molecule has 1 aliphatic carbocycles. The van der Waals surface area contributed by atoms with Crippen molar-refractivity contribution in [2.24, 2.45) is 0 Å². The Balaban J connectivity index is 1.70. The van der Waals surface area contributed by atoms with E-state index in [1.807, 2.05) is 43.3 Å². The van der Waals surface area contributed by atoms with Gasteiger partial charge in [-0.2, -0.15) is 0 Å². The van der Waals surface area contributed by atoms with E-state index in [9.17, 15) is 0 Å². The predicted molar refractivity (Wildman–Crippen MR) is 84.6 cm³/mol. The molecule has 1 saturated carbocycles. The van der Waals surface area contributed by atoms with E-state index in [2.05, 4.69) is 10.3 Å². The summed E-state index contributed by atoms with van der Waals surface area (Å²) < 4.78 is 5.92. The van der Waals surface area contributed by atoms with Crippen LogP contribution in [0.2, 0.25) is 5.02 Å². The average molecular weight is 303 g/mol. The lowest BCUT2D eigenvalue weighted by Gasteiger charge is -2.13. The van der Waals surface area contributed by atoms with Gasteiger partial charge in [0.15, 0.2) is 0 Å². The van der Waals surface area contributed by atoms with Crippen LogP contribution >= 0.6 is 11.6 Å². The van der Waals surface area contributed by atoms with E-state index < -0.39 is 0 Å². The van der Waals surface area contributed by atoms with Crippen LogP contribution in [0.5, 0.6) is 5.75 Å². The summed E-state index contributed by atoms with van der Waals surface area (Å²) in [4.78, 5) is 4.59. The van der Waals surface area contributed by atoms with E-state index in [0.717, 1.165) is 34.3 Å². The van der Waals surface area contributed by atoms with Gasteiger partial charge in [-0.15, -0.1) is 0 Å². The third kappa shape index (κ3) is 3.96. The monoisotopic (exact) mass is 302 g/mol. The Kier molecular flexibility index (Phi) is 4.42. The molecule has 0 aliphatic heterocycles. The number of nitrogens with zero attached hydrogens (tertiary/aromatic N) is 1. The first-order chi connectivity index (χ1) is 10.2. The van der Waals surface area contributed by atoms with Crippen molar-refractivity contribution in [1.82, 2.24) is 10.3 Å². The highest BCUT2D eigenvalue weighted by molar-refractivity contribution is 6.31. The Labute approximate surface area is 130 Å². The summed E-state index contributed by atoms with van der Waals surface area (Å²) in [5, 5.41) is 4.21. The Bertz CT molecular complexity index is 626. The topological polar surface area (TPSA) is 34.1 Å². The minimum absolute atomic E-state index is 0.459. The molecule has 0 radical (unpaired) electrons. The first-order valence-corrected chi connectivity index (χ1v) is 7.66. The molecule has 1 aromatic carbocycles. The number of benzene rings is 1. The van der Waals surface area contributed by atoms with Crippen LogP contribution in [0.4, 0.5) is 0 Å². The highest BCUT2D eigenvalue weighted by Crippen LogP contribution is 2.23. The normalized spacial score (nSPS) is 14.2. The van der Waals surface area contributed by atoms with Gasteiger partial charge in [0.05, 0.1) is 5.69 Å². The maximum Gasteiger partial charge on any atom is 0.142 e. The lowest BCUT2D eigenvalue weighted by molar-refractivity contribution is 0.300. The molecule has 0 saturated heterocycles. The number of rotatable bonds is 6. The number of aromatic nitrogens is 1. The number of aryl methyl sites for hydroxylation is 1. The van der Waals surface area contributed by atoms with Crippen LogP contribution in [-0.2, 0) is 13.2 Å². The molecule has 21 heavy (non-hydrogen) atoms. The molecule has 3 rings (SSSR count). The molecule has 0 amide bonds. The third-order valence-corrected chi connectivity index (χ3v) is 3.92. The van der Waals surface area contributed by atoms with Crippen LogP contribution in [0.3, 0.4) is 0 Å². The Morgan fingerprint density at radius 1 is 1.24 bits per heavy atom. The summed E-state index contributed by atoms with van der Waals surface area (Å²) in [7, 11) is 0. The molecule has 0 unspecified atom stereocenters. The van der Waals surface area contributed by atoms with E-state index in [4.69, 9.17) is 16.3 Å². The van der Waals surface area contributed by atoms with Gasteiger partial charge in [-0.1, -0.05) is 29.8 Å². The van der Waals surface area contributed by atoms with Crippen molar-refractivity contribution < 1.29 is 4.74 Å². The van der Waals surface area contributed by atoms with Gasteiger partial charge in [-0.3, -0.25) is 4.98 Å². The van der Waals surface area contributed by atoms with Crippen LogP contribution in [0.15, 0.2) is 36.4 Å². The standard InChI is InChI=1S/C17H19ClN2O/c1-12-6-9-17(16(20-12)10-19-14-7-8-14)21-11-13-4-2-3-5-15(13)18/h2-6,9,14,19H,7-8,10-11H2,1H3. The second-order valence-electron chi connectivity index (χ2n) is 5.43. The zero-order chi connectivity index (χ0) is 14.7. The molecular formula is C17H19ClN2O. The van der Waals surface area contributed by atoms with Gasteiger partial charge in [-0.25, -0.2) is 0 Å². The quantitative estimate of drug-likeness (QED) is 0.879. The summed E-state index contributed by atoms with van der Waals surface area (Å²) in [5.74, 6) is 0.827. The molecule has 0 atom stereocenters. The predicted octanol–water partition coefficient (Wildman–Crippen LogP) is 3.87. The smallest absolute Gasteiger partial charge is 0.142 e. The van der Waals surface area contributed by atoms with E-state index in [-0.39, 0.29) is 0 Å². The van der Waals surface area contributed by atoms with Gasteiger partial charge >= 0.3 is 0 Å². The van der Waals surface area contributed by atoms with Crippen LogP contribution in [0, 0.1) is 6.92 Å². The number of ether oxygens (including phenoxy) is 1. The minimum Gasteiger partial charge on any atom is -0.487 e.